The van der Waals surface area contributed by atoms with E-state index in [0.29, 0.717) is 41.9 Å². The van der Waals surface area contributed by atoms with Crippen LogP contribution < -0.4 is 19.5 Å². The molecule has 1 aromatic carbocycles. The Morgan fingerprint density at radius 2 is 1.91 bits per heavy atom. The Morgan fingerprint density at radius 1 is 1.23 bits per heavy atom. The molecule has 1 aliphatic heterocycles. The van der Waals surface area contributed by atoms with Gasteiger partial charge < -0.3 is 24.3 Å². The average Bonchev–Trinajstić information content (AvgIpc) is 2.59. The van der Waals surface area contributed by atoms with Crippen molar-refractivity contribution < 1.29 is 23.7 Å². The van der Waals surface area contributed by atoms with E-state index in [2.05, 4.69) is 5.32 Å². The minimum atomic E-state index is -0.162. The van der Waals surface area contributed by atoms with E-state index in [9.17, 15) is 4.79 Å². The Labute approximate surface area is 130 Å². The number of nitrogens with one attached hydrogen (secondary N) is 1. The second-order valence-corrected chi connectivity index (χ2v) is 5.21. The molecule has 1 saturated heterocycles. The zero-order valence-corrected chi connectivity index (χ0v) is 13.3. The molecule has 0 saturated carbocycles. The molecule has 1 aliphatic rings. The maximum atomic E-state index is 12.3. The molecular formula is C16H23NO5. The Hall–Kier alpha value is -1.95. The van der Waals surface area contributed by atoms with Gasteiger partial charge in [-0.2, -0.15) is 0 Å². The van der Waals surface area contributed by atoms with Crippen molar-refractivity contribution in [1.82, 2.24) is 5.32 Å². The Bertz CT molecular complexity index is 486. The largest absolute Gasteiger partial charge is 0.493 e. The molecule has 0 aliphatic carbocycles. The second-order valence-electron chi connectivity index (χ2n) is 5.21. The van der Waals surface area contributed by atoms with Crippen LogP contribution >= 0.6 is 0 Å². The first-order chi connectivity index (χ1) is 10.7. The monoisotopic (exact) mass is 309 g/mol. The van der Waals surface area contributed by atoms with Gasteiger partial charge in [-0.25, -0.2) is 0 Å². The van der Waals surface area contributed by atoms with Gasteiger partial charge in [0.15, 0.2) is 11.5 Å². The second kappa shape index (κ2) is 7.89. The van der Waals surface area contributed by atoms with Crippen molar-refractivity contribution in [1.29, 1.82) is 0 Å². The zero-order valence-electron chi connectivity index (χ0n) is 13.3. The quantitative estimate of drug-likeness (QED) is 0.869. The van der Waals surface area contributed by atoms with Gasteiger partial charge in [-0.1, -0.05) is 0 Å². The smallest absolute Gasteiger partial charge is 0.251 e. The molecule has 0 unspecified atom stereocenters. The third-order valence-corrected chi connectivity index (χ3v) is 3.73. The van der Waals surface area contributed by atoms with Crippen LogP contribution in [-0.2, 0) is 4.74 Å². The summed E-state index contributed by atoms with van der Waals surface area (Å²) in [4.78, 5) is 12.3. The van der Waals surface area contributed by atoms with E-state index >= 15 is 0 Å². The van der Waals surface area contributed by atoms with Crippen molar-refractivity contribution in [2.45, 2.75) is 12.8 Å². The van der Waals surface area contributed by atoms with Crippen molar-refractivity contribution in [3.05, 3.63) is 17.7 Å². The summed E-state index contributed by atoms with van der Waals surface area (Å²) >= 11 is 0. The number of carbonyl (C=O) groups is 1. The van der Waals surface area contributed by atoms with Crippen LogP contribution in [-0.4, -0.2) is 47.0 Å². The van der Waals surface area contributed by atoms with E-state index in [4.69, 9.17) is 18.9 Å². The summed E-state index contributed by atoms with van der Waals surface area (Å²) in [6.45, 7) is 2.13. The highest BCUT2D eigenvalue weighted by Gasteiger charge is 2.19. The summed E-state index contributed by atoms with van der Waals surface area (Å²) in [7, 11) is 4.58. The van der Waals surface area contributed by atoms with Crippen molar-refractivity contribution in [3.8, 4) is 17.2 Å². The fraction of sp³-hybridized carbons (Fsp3) is 0.562. The van der Waals surface area contributed by atoms with E-state index < -0.39 is 0 Å². The van der Waals surface area contributed by atoms with Crippen LogP contribution in [0.15, 0.2) is 12.1 Å². The summed E-state index contributed by atoms with van der Waals surface area (Å²) in [5.74, 6) is 1.62. The molecule has 6 nitrogen and oxygen atoms in total. The summed E-state index contributed by atoms with van der Waals surface area (Å²) in [6, 6.07) is 3.29. The lowest BCUT2D eigenvalue weighted by molar-refractivity contribution is 0.0536. The molecule has 0 bridgehead atoms. The van der Waals surface area contributed by atoms with Crippen LogP contribution in [0.5, 0.6) is 17.2 Å². The van der Waals surface area contributed by atoms with Gasteiger partial charge in [0.25, 0.3) is 5.91 Å². The minimum Gasteiger partial charge on any atom is -0.493 e. The molecule has 0 spiro atoms. The van der Waals surface area contributed by atoms with Crippen molar-refractivity contribution >= 4 is 5.91 Å². The summed E-state index contributed by atoms with van der Waals surface area (Å²) in [5.41, 5.74) is 0.478. The molecule has 6 heteroatoms. The first kappa shape index (κ1) is 16.4. The summed E-state index contributed by atoms with van der Waals surface area (Å²) in [6.07, 6.45) is 2.13. The Balaban J connectivity index is 2.08. The highest BCUT2D eigenvalue weighted by Crippen LogP contribution is 2.38. The predicted octanol–water partition coefficient (Wildman–Crippen LogP) is 1.87. The standard InChI is InChI=1S/C16H23NO5/c1-19-13-7-12(8-14(20-2)15(13)21-3)16(18)17-9-11-5-4-6-22-10-11/h7-8,11H,4-6,9-10H2,1-3H3,(H,17,18)/t11-/m0/s1. The Morgan fingerprint density at radius 3 is 2.41 bits per heavy atom. The molecule has 0 radical (unpaired) electrons. The molecule has 0 aromatic heterocycles. The average molecular weight is 309 g/mol. The topological polar surface area (TPSA) is 66.0 Å². The summed E-state index contributed by atoms with van der Waals surface area (Å²) in [5, 5.41) is 2.94. The lowest BCUT2D eigenvalue weighted by Crippen LogP contribution is -2.33. The lowest BCUT2D eigenvalue weighted by atomic mass is 10.0. The van der Waals surface area contributed by atoms with Crippen LogP contribution in [0.2, 0.25) is 0 Å². The fourth-order valence-corrected chi connectivity index (χ4v) is 2.52. The maximum absolute atomic E-state index is 12.3. The molecule has 122 valence electrons. The highest BCUT2D eigenvalue weighted by molar-refractivity contribution is 5.95. The number of hydrogen-bond donors (Lipinski definition) is 1. The van der Waals surface area contributed by atoms with E-state index in [1.807, 2.05) is 0 Å². The molecule has 1 N–H and O–H groups in total. The molecule has 2 rings (SSSR count). The molecule has 1 amide bonds. The lowest BCUT2D eigenvalue weighted by Gasteiger charge is -2.22. The fourth-order valence-electron chi connectivity index (χ4n) is 2.52. The number of methoxy groups -OCH3 is 3. The zero-order chi connectivity index (χ0) is 15.9. The minimum absolute atomic E-state index is 0.162. The van der Waals surface area contributed by atoms with E-state index in [1.54, 1.807) is 12.1 Å². The number of carbonyl (C=O) groups excluding carboxylic acids is 1. The van der Waals surface area contributed by atoms with Crippen LogP contribution in [0.1, 0.15) is 23.2 Å². The first-order valence-corrected chi connectivity index (χ1v) is 7.35. The van der Waals surface area contributed by atoms with Gasteiger partial charge in [0.05, 0.1) is 27.9 Å². The van der Waals surface area contributed by atoms with Gasteiger partial charge in [-0.3, -0.25) is 4.79 Å². The molecular weight excluding hydrogens is 286 g/mol. The maximum Gasteiger partial charge on any atom is 0.251 e. The van der Waals surface area contributed by atoms with Crippen molar-refractivity contribution in [2.24, 2.45) is 5.92 Å². The SMILES string of the molecule is COc1cc(C(=O)NC[C@@H]2CCCOC2)cc(OC)c1OC. The van der Waals surface area contributed by atoms with Gasteiger partial charge in [-0.05, 0) is 30.9 Å². The van der Waals surface area contributed by atoms with E-state index in [1.165, 1.54) is 21.3 Å². The molecule has 22 heavy (non-hydrogen) atoms. The van der Waals surface area contributed by atoms with E-state index in [0.717, 1.165) is 19.4 Å². The van der Waals surface area contributed by atoms with Crippen LogP contribution in [0, 0.1) is 5.92 Å². The summed E-state index contributed by atoms with van der Waals surface area (Å²) < 4.78 is 21.2. The van der Waals surface area contributed by atoms with Gasteiger partial charge in [0, 0.05) is 18.7 Å². The number of benzene rings is 1. The first-order valence-electron chi connectivity index (χ1n) is 7.35. The van der Waals surface area contributed by atoms with Gasteiger partial charge in [0.1, 0.15) is 0 Å². The number of amides is 1. The molecule has 1 fully saturated rings. The number of rotatable bonds is 6. The van der Waals surface area contributed by atoms with Crippen molar-refractivity contribution in [2.75, 3.05) is 41.1 Å². The van der Waals surface area contributed by atoms with Gasteiger partial charge >= 0.3 is 0 Å². The van der Waals surface area contributed by atoms with Crippen molar-refractivity contribution in [3.63, 3.8) is 0 Å². The van der Waals surface area contributed by atoms with Gasteiger partial charge in [-0.15, -0.1) is 0 Å². The van der Waals surface area contributed by atoms with Crippen LogP contribution in [0.4, 0.5) is 0 Å². The highest BCUT2D eigenvalue weighted by atomic mass is 16.5. The van der Waals surface area contributed by atoms with Crippen LogP contribution in [0.25, 0.3) is 0 Å². The normalized spacial score (nSPS) is 17.7. The number of hydrogen-bond acceptors (Lipinski definition) is 5. The molecule has 1 aromatic rings. The molecule has 1 heterocycles. The third-order valence-electron chi connectivity index (χ3n) is 3.73. The Kier molecular flexibility index (Phi) is 5.89. The third kappa shape index (κ3) is 3.82. The number of ether oxygens (including phenoxy) is 4. The van der Waals surface area contributed by atoms with Crippen LogP contribution in [0.3, 0.4) is 0 Å². The van der Waals surface area contributed by atoms with Gasteiger partial charge in [0.2, 0.25) is 5.75 Å². The molecule has 1 atom stereocenters. The van der Waals surface area contributed by atoms with E-state index in [-0.39, 0.29) is 5.91 Å². The predicted molar refractivity (Wildman–Crippen MR) is 82.0 cm³/mol.